The summed E-state index contributed by atoms with van der Waals surface area (Å²) in [5.41, 5.74) is 12.6. The van der Waals surface area contributed by atoms with E-state index in [1.165, 1.54) is 16.9 Å². The number of aryl methyl sites for hydroxylation is 1. The number of pyridine rings is 1. The maximum absolute atomic E-state index is 13.5. The van der Waals surface area contributed by atoms with Gasteiger partial charge >= 0.3 is 0 Å². The molecule has 0 aliphatic heterocycles. The molecule has 1 atom stereocenters. The molecule has 2 aromatic heterocycles. The number of nitrogen functional groups attached to an aromatic ring is 1. The molecule has 4 aromatic rings. The number of hydrogen-bond acceptors (Lipinski definition) is 6. The number of rotatable bonds is 5. The van der Waals surface area contributed by atoms with E-state index in [1.807, 2.05) is 12.1 Å². The van der Waals surface area contributed by atoms with Gasteiger partial charge in [-0.3, -0.25) is 4.79 Å². The van der Waals surface area contributed by atoms with E-state index in [-0.39, 0.29) is 11.2 Å². The Balaban J connectivity index is 1.71. The van der Waals surface area contributed by atoms with Crippen LogP contribution < -0.4 is 15.2 Å². The van der Waals surface area contributed by atoms with Gasteiger partial charge in [0.25, 0.3) is 0 Å². The van der Waals surface area contributed by atoms with Crippen molar-refractivity contribution in [2.45, 2.75) is 40.0 Å². The smallest absolute Gasteiger partial charge is 0.205 e. The molecular weight excluding hydrogens is 468 g/mol. The molecule has 0 bridgehead atoms. The maximum atomic E-state index is 13.5. The van der Waals surface area contributed by atoms with Crippen LogP contribution in [-0.2, 0) is 12.8 Å². The lowest BCUT2D eigenvalue weighted by Crippen LogP contribution is -2.27. The van der Waals surface area contributed by atoms with E-state index in [9.17, 15) is 4.79 Å². The fraction of sp³-hybridized carbons (Fsp3) is 0.333. The number of carbonyl (C=O) groups is 1. The number of ketones is 1. The summed E-state index contributed by atoms with van der Waals surface area (Å²) in [7, 11) is 3.28. The molecule has 5 rings (SSSR count). The van der Waals surface area contributed by atoms with Gasteiger partial charge in [-0.1, -0.05) is 32.9 Å². The third kappa shape index (κ3) is 4.24. The summed E-state index contributed by atoms with van der Waals surface area (Å²) >= 11 is 1.39. The summed E-state index contributed by atoms with van der Waals surface area (Å²) in [4.78, 5) is 20.0. The first-order valence-corrected chi connectivity index (χ1v) is 13.1. The number of ether oxygens (including phenoxy) is 2. The Morgan fingerprint density at radius 2 is 1.61 bits per heavy atom. The minimum absolute atomic E-state index is 0.0932. The van der Waals surface area contributed by atoms with Crippen LogP contribution in [0.3, 0.4) is 0 Å². The number of benzene rings is 2. The standard InChI is InChI=1S/C30H32N2O3S/c1-30(2,3)19-10-15-23-22(16-19)24(17-6-11-20(34-4)12-7-17)25-26(31)28(36-29(25)32-23)27(33)18-8-13-21(35-5)14-9-18/h6-9,11-14,19H,10,15-16,31H2,1-5H3/t19-/m0/s1. The van der Waals surface area contributed by atoms with Crippen LogP contribution >= 0.6 is 11.3 Å². The molecule has 0 fully saturated rings. The van der Waals surface area contributed by atoms with Gasteiger partial charge in [-0.05, 0) is 83.7 Å². The van der Waals surface area contributed by atoms with E-state index in [2.05, 4.69) is 32.9 Å². The minimum atomic E-state index is -0.0932. The number of aromatic nitrogens is 1. The molecule has 6 heteroatoms. The van der Waals surface area contributed by atoms with Gasteiger partial charge in [-0.2, -0.15) is 0 Å². The molecule has 2 heterocycles. The van der Waals surface area contributed by atoms with E-state index in [0.717, 1.165) is 52.0 Å². The topological polar surface area (TPSA) is 74.4 Å². The molecule has 1 aliphatic carbocycles. The number of nitrogens with zero attached hydrogens (tertiary/aromatic N) is 1. The highest BCUT2D eigenvalue weighted by Gasteiger charge is 2.33. The van der Waals surface area contributed by atoms with Crippen LogP contribution in [0, 0.1) is 11.3 Å². The highest BCUT2D eigenvalue weighted by Crippen LogP contribution is 2.47. The zero-order chi connectivity index (χ0) is 25.6. The summed E-state index contributed by atoms with van der Waals surface area (Å²) in [6.07, 6.45) is 2.98. The van der Waals surface area contributed by atoms with Gasteiger partial charge < -0.3 is 15.2 Å². The van der Waals surface area contributed by atoms with Crippen molar-refractivity contribution in [1.82, 2.24) is 4.98 Å². The Hall–Kier alpha value is -3.38. The highest BCUT2D eigenvalue weighted by atomic mass is 32.1. The van der Waals surface area contributed by atoms with Crippen LogP contribution in [0.2, 0.25) is 0 Å². The second-order valence-electron chi connectivity index (χ2n) is 10.5. The SMILES string of the molecule is COc1ccc(C(=O)c2sc3nc4c(c(-c5ccc(OC)cc5)c3c2N)C[C@@H](C(C)(C)C)CC4)cc1. The number of anilines is 1. The lowest BCUT2D eigenvalue weighted by atomic mass is 9.70. The Kier molecular flexibility index (Phi) is 6.25. The van der Waals surface area contributed by atoms with E-state index in [1.54, 1.807) is 38.5 Å². The fourth-order valence-corrected chi connectivity index (χ4v) is 6.27. The molecule has 1 aliphatic rings. The normalized spacial score (nSPS) is 15.5. The lowest BCUT2D eigenvalue weighted by molar-refractivity contribution is 0.104. The van der Waals surface area contributed by atoms with Crippen LogP contribution in [0.4, 0.5) is 5.69 Å². The molecule has 36 heavy (non-hydrogen) atoms. The highest BCUT2D eigenvalue weighted by molar-refractivity contribution is 7.21. The van der Waals surface area contributed by atoms with Crippen molar-refractivity contribution in [2.75, 3.05) is 20.0 Å². The van der Waals surface area contributed by atoms with E-state index < -0.39 is 0 Å². The van der Waals surface area contributed by atoms with E-state index in [4.69, 9.17) is 20.2 Å². The molecule has 0 unspecified atom stereocenters. The number of thiophene rings is 1. The average molecular weight is 501 g/mol. The number of nitrogens with two attached hydrogens (primary N) is 1. The summed E-state index contributed by atoms with van der Waals surface area (Å²) in [6, 6.07) is 15.3. The quantitative estimate of drug-likeness (QED) is 0.300. The van der Waals surface area contributed by atoms with Gasteiger partial charge in [0.15, 0.2) is 0 Å². The van der Waals surface area contributed by atoms with Crippen molar-refractivity contribution in [3.05, 3.63) is 70.2 Å². The predicted octanol–water partition coefficient (Wildman–Crippen LogP) is 6.94. The first-order chi connectivity index (χ1) is 17.2. The van der Waals surface area contributed by atoms with Gasteiger partial charge in [0.1, 0.15) is 21.2 Å². The number of hydrogen-bond donors (Lipinski definition) is 1. The molecule has 0 radical (unpaired) electrons. The third-order valence-corrected chi connectivity index (χ3v) is 8.50. The Morgan fingerprint density at radius 3 is 2.19 bits per heavy atom. The fourth-order valence-electron chi connectivity index (χ4n) is 5.18. The second kappa shape index (κ2) is 9.25. The first-order valence-electron chi connectivity index (χ1n) is 12.3. The van der Waals surface area contributed by atoms with Crippen molar-refractivity contribution < 1.29 is 14.3 Å². The zero-order valence-corrected chi connectivity index (χ0v) is 22.3. The molecule has 0 spiro atoms. The van der Waals surface area contributed by atoms with E-state index in [0.29, 0.717) is 27.8 Å². The number of methoxy groups -OCH3 is 2. The molecular formula is C30H32N2O3S. The largest absolute Gasteiger partial charge is 0.497 e. The van der Waals surface area contributed by atoms with Crippen LogP contribution in [-0.4, -0.2) is 25.0 Å². The summed E-state index contributed by atoms with van der Waals surface area (Å²) in [5, 5.41) is 0.885. The molecule has 2 aromatic carbocycles. The van der Waals surface area contributed by atoms with Crippen molar-refractivity contribution in [1.29, 1.82) is 0 Å². The Bertz CT molecular complexity index is 1430. The van der Waals surface area contributed by atoms with Crippen LogP contribution in [0.25, 0.3) is 21.3 Å². The third-order valence-electron chi connectivity index (χ3n) is 7.41. The van der Waals surface area contributed by atoms with Crippen molar-refractivity contribution >= 4 is 33.0 Å². The predicted molar refractivity (Wildman–Crippen MR) is 147 cm³/mol. The van der Waals surface area contributed by atoms with Gasteiger partial charge in [-0.25, -0.2) is 4.98 Å². The monoisotopic (exact) mass is 500 g/mol. The Morgan fingerprint density at radius 1 is 1.00 bits per heavy atom. The van der Waals surface area contributed by atoms with Crippen LogP contribution in [0.15, 0.2) is 48.5 Å². The van der Waals surface area contributed by atoms with Crippen LogP contribution in [0.5, 0.6) is 11.5 Å². The maximum Gasteiger partial charge on any atom is 0.205 e. The lowest BCUT2D eigenvalue weighted by Gasteiger charge is -2.35. The van der Waals surface area contributed by atoms with Crippen molar-refractivity contribution in [2.24, 2.45) is 11.3 Å². The summed E-state index contributed by atoms with van der Waals surface area (Å²) in [6.45, 7) is 6.94. The minimum Gasteiger partial charge on any atom is -0.497 e. The van der Waals surface area contributed by atoms with Gasteiger partial charge in [0.2, 0.25) is 5.78 Å². The number of carbonyl (C=O) groups excluding carboxylic acids is 1. The van der Waals surface area contributed by atoms with Gasteiger partial charge in [0, 0.05) is 16.6 Å². The molecule has 2 N–H and O–H groups in total. The van der Waals surface area contributed by atoms with Crippen molar-refractivity contribution in [3.63, 3.8) is 0 Å². The van der Waals surface area contributed by atoms with Crippen LogP contribution in [0.1, 0.15) is 53.7 Å². The summed E-state index contributed by atoms with van der Waals surface area (Å²) in [5.74, 6) is 1.96. The average Bonchev–Trinajstić information content (AvgIpc) is 3.21. The number of fused-ring (bicyclic) bond motifs is 2. The van der Waals surface area contributed by atoms with Gasteiger partial charge in [-0.15, -0.1) is 11.3 Å². The molecule has 0 saturated heterocycles. The van der Waals surface area contributed by atoms with E-state index >= 15 is 0 Å². The van der Waals surface area contributed by atoms with Crippen molar-refractivity contribution in [3.8, 4) is 22.6 Å². The molecule has 186 valence electrons. The molecule has 0 saturated carbocycles. The second-order valence-corrected chi connectivity index (χ2v) is 11.5. The Labute approximate surface area is 216 Å². The zero-order valence-electron chi connectivity index (χ0n) is 21.5. The summed E-state index contributed by atoms with van der Waals surface area (Å²) < 4.78 is 10.6. The first kappa shape index (κ1) is 24.3. The van der Waals surface area contributed by atoms with Gasteiger partial charge in [0.05, 0.1) is 19.9 Å². The molecule has 5 nitrogen and oxygen atoms in total. The molecule has 0 amide bonds.